The fourth-order valence-corrected chi connectivity index (χ4v) is 1.36. The first kappa shape index (κ1) is 14.0. The summed E-state index contributed by atoms with van der Waals surface area (Å²) in [6.45, 7) is 4.12. The molecule has 1 rings (SSSR count). The Kier molecular flexibility index (Phi) is 4.65. The van der Waals surface area contributed by atoms with Crippen LogP contribution in [-0.2, 0) is 0 Å². The fourth-order valence-electron chi connectivity index (χ4n) is 1.36. The summed E-state index contributed by atoms with van der Waals surface area (Å²) in [6.07, 6.45) is 0.519. The minimum atomic E-state index is -0.592. The number of hydrogen-bond acceptors (Lipinski definition) is 5. The van der Waals surface area contributed by atoms with Gasteiger partial charge in [0.25, 0.3) is 0 Å². The molecule has 0 atom stereocenters. The third-order valence-electron chi connectivity index (χ3n) is 2.19. The van der Waals surface area contributed by atoms with Gasteiger partial charge in [-0.3, -0.25) is 14.9 Å². The van der Waals surface area contributed by atoms with Gasteiger partial charge in [0.2, 0.25) is 5.75 Å². The summed E-state index contributed by atoms with van der Waals surface area (Å²) < 4.78 is 10.3. The highest BCUT2D eigenvalue weighted by molar-refractivity contribution is 5.83. The predicted octanol–water partition coefficient (Wildman–Crippen LogP) is 2.45. The first-order valence-corrected chi connectivity index (χ1v) is 5.44. The van der Waals surface area contributed by atoms with Crippen molar-refractivity contribution >= 4 is 12.0 Å². The van der Waals surface area contributed by atoms with Crippen molar-refractivity contribution in [3.63, 3.8) is 0 Å². The summed E-state index contributed by atoms with van der Waals surface area (Å²) in [4.78, 5) is 21.3. The molecular formula is C12H15NO5. The van der Waals surface area contributed by atoms with E-state index in [1.165, 1.54) is 19.2 Å². The van der Waals surface area contributed by atoms with E-state index in [0.717, 1.165) is 0 Å². The van der Waals surface area contributed by atoms with E-state index in [0.29, 0.717) is 12.9 Å². The monoisotopic (exact) mass is 253 g/mol. The van der Waals surface area contributed by atoms with Gasteiger partial charge >= 0.3 is 5.69 Å². The lowest BCUT2D eigenvalue weighted by Gasteiger charge is -2.12. The van der Waals surface area contributed by atoms with Crippen LogP contribution in [0.5, 0.6) is 11.5 Å². The molecule has 1 aromatic rings. The molecule has 6 heteroatoms. The third kappa shape index (κ3) is 3.19. The smallest absolute Gasteiger partial charge is 0.315 e. The van der Waals surface area contributed by atoms with Crippen LogP contribution in [0.4, 0.5) is 5.69 Å². The predicted molar refractivity (Wildman–Crippen MR) is 65.4 cm³/mol. The van der Waals surface area contributed by atoms with Crippen LogP contribution in [0.25, 0.3) is 0 Å². The number of aldehydes is 1. The van der Waals surface area contributed by atoms with Crippen molar-refractivity contribution in [1.29, 1.82) is 0 Å². The highest BCUT2D eigenvalue weighted by Crippen LogP contribution is 2.34. The first-order valence-electron chi connectivity index (χ1n) is 5.44. The highest BCUT2D eigenvalue weighted by Gasteiger charge is 2.22. The molecule has 0 spiro atoms. The van der Waals surface area contributed by atoms with Gasteiger partial charge in [-0.2, -0.15) is 0 Å². The molecule has 1 aromatic carbocycles. The van der Waals surface area contributed by atoms with E-state index in [2.05, 4.69) is 0 Å². The van der Waals surface area contributed by atoms with E-state index in [1.54, 1.807) is 0 Å². The number of methoxy groups -OCH3 is 1. The summed E-state index contributed by atoms with van der Waals surface area (Å²) in [7, 11) is 1.38. The lowest BCUT2D eigenvalue weighted by atomic mass is 10.1. The number of carbonyl (C=O) groups is 1. The molecule has 0 saturated heterocycles. The lowest BCUT2D eigenvalue weighted by molar-refractivity contribution is -0.386. The molecule has 0 radical (unpaired) electrons. The molecule has 6 nitrogen and oxygen atoms in total. The molecule has 0 aliphatic heterocycles. The standard InChI is InChI=1S/C12H15NO5/c1-8(2)7-18-12-9(6-14)4-10(17-3)5-11(12)13(15)16/h4-6,8H,7H2,1-3H3. The zero-order valence-electron chi connectivity index (χ0n) is 10.5. The Labute approximate surface area is 105 Å². The normalized spacial score (nSPS) is 10.2. The van der Waals surface area contributed by atoms with Crippen molar-refractivity contribution in [2.24, 2.45) is 5.92 Å². The molecular weight excluding hydrogens is 238 g/mol. The van der Waals surface area contributed by atoms with Gasteiger partial charge in [-0.1, -0.05) is 13.8 Å². The average Bonchev–Trinajstić information content (AvgIpc) is 2.34. The van der Waals surface area contributed by atoms with Gasteiger partial charge in [-0.15, -0.1) is 0 Å². The van der Waals surface area contributed by atoms with Crippen LogP contribution in [0.2, 0.25) is 0 Å². The highest BCUT2D eigenvalue weighted by atomic mass is 16.6. The molecule has 0 saturated carbocycles. The Morgan fingerprint density at radius 2 is 2.11 bits per heavy atom. The number of nitrogens with zero attached hydrogens (tertiary/aromatic N) is 1. The summed E-state index contributed by atoms with van der Waals surface area (Å²) in [5.74, 6) is 0.441. The van der Waals surface area contributed by atoms with Gasteiger partial charge < -0.3 is 9.47 Å². The van der Waals surface area contributed by atoms with Crippen LogP contribution < -0.4 is 9.47 Å². The number of nitro groups is 1. The number of carbonyl (C=O) groups excluding carboxylic acids is 1. The first-order chi connectivity index (χ1) is 8.49. The maximum atomic E-state index is 11.0. The molecule has 0 N–H and O–H groups in total. The molecule has 0 heterocycles. The molecule has 0 aliphatic carbocycles. The van der Waals surface area contributed by atoms with Crippen molar-refractivity contribution in [2.45, 2.75) is 13.8 Å². The van der Waals surface area contributed by atoms with Gasteiger partial charge in [0.1, 0.15) is 5.75 Å². The Hall–Kier alpha value is -2.11. The summed E-state index contributed by atoms with van der Waals surface area (Å²) in [6, 6.07) is 2.65. The second-order valence-corrected chi connectivity index (χ2v) is 4.14. The number of hydrogen-bond donors (Lipinski definition) is 0. The van der Waals surface area contributed by atoms with Crippen LogP contribution in [0.3, 0.4) is 0 Å². The Bertz CT molecular complexity index is 456. The number of rotatable bonds is 6. The van der Waals surface area contributed by atoms with Crippen LogP contribution in [0.15, 0.2) is 12.1 Å². The molecule has 0 unspecified atom stereocenters. The Morgan fingerprint density at radius 3 is 2.56 bits per heavy atom. The van der Waals surface area contributed by atoms with Gasteiger partial charge in [0.05, 0.1) is 30.3 Å². The Balaban J connectivity index is 3.25. The average molecular weight is 253 g/mol. The Morgan fingerprint density at radius 1 is 1.44 bits per heavy atom. The molecule has 18 heavy (non-hydrogen) atoms. The van der Waals surface area contributed by atoms with Crippen molar-refractivity contribution in [3.8, 4) is 11.5 Å². The maximum absolute atomic E-state index is 11.0. The second kappa shape index (κ2) is 6.00. The molecule has 0 amide bonds. The van der Waals surface area contributed by atoms with Crippen LogP contribution in [0, 0.1) is 16.0 Å². The number of nitro benzene ring substituents is 1. The molecule has 0 aliphatic rings. The summed E-state index contributed by atoms with van der Waals surface area (Å²) in [5.41, 5.74) is -0.154. The topological polar surface area (TPSA) is 78.7 Å². The van der Waals surface area contributed by atoms with Crippen LogP contribution in [-0.4, -0.2) is 24.9 Å². The second-order valence-electron chi connectivity index (χ2n) is 4.14. The third-order valence-corrected chi connectivity index (χ3v) is 2.19. The van der Waals surface area contributed by atoms with Gasteiger partial charge in [0, 0.05) is 0 Å². The number of benzene rings is 1. The van der Waals surface area contributed by atoms with Gasteiger partial charge in [-0.05, 0) is 12.0 Å². The fraction of sp³-hybridized carbons (Fsp3) is 0.417. The largest absolute Gasteiger partial charge is 0.496 e. The van der Waals surface area contributed by atoms with Crippen molar-refractivity contribution in [2.75, 3.05) is 13.7 Å². The van der Waals surface area contributed by atoms with Gasteiger partial charge in [-0.25, -0.2) is 0 Å². The maximum Gasteiger partial charge on any atom is 0.315 e. The summed E-state index contributed by atoms with van der Waals surface area (Å²) >= 11 is 0. The molecule has 98 valence electrons. The quantitative estimate of drug-likeness (QED) is 0.442. The zero-order valence-corrected chi connectivity index (χ0v) is 10.5. The minimum absolute atomic E-state index is 0.00972. The molecule has 0 bridgehead atoms. The van der Waals surface area contributed by atoms with E-state index >= 15 is 0 Å². The van der Waals surface area contributed by atoms with E-state index in [9.17, 15) is 14.9 Å². The van der Waals surface area contributed by atoms with Crippen molar-refractivity contribution in [3.05, 3.63) is 27.8 Å². The summed E-state index contributed by atoms with van der Waals surface area (Å²) in [5, 5.41) is 11.0. The van der Waals surface area contributed by atoms with E-state index in [-0.39, 0.29) is 28.7 Å². The van der Waals surface area contributed by atoms with Crippen LogP contribution >= 0.6 is 0 Å². The van der Waals surface area contributed by atoms with E-state index < -0.39 is 4.92 Å². The number of ether oxygens (including phenoxy) is 2. The zero-order chi connectivity index (χ0) is 13.7. The molecule has 0 aromatic heterocycles. The van der Waals surface area contributed by atoms with Crippen molar-refractivity contribution < 1.29 is 19.2 Å². The lowest BCUT2D eigenvalue weighted by Crippen LogP contribution is -2.08. The van der Waals surface area contributed by atoms with Crippen LogP contribution in [0.1, 0.15) is 24.2 Å². The van der Waals surface area contributed by atoms with E-state index in [1.807, 2.05) is 13.8 Å². The van der Waals surface area contributed by atoms with Gasteiger partial charge in [0.15, 0.2) is 6.29 Å². The molecule has 0 fully saturated rings. The van der Waals surface area contributed by atoms with E-state index in [4.69, 9.17) is 9.47 Å². The SMILES string of the molecule is COc1cc(C=O)c(OCC(C)C)c([N+](=O)[O-])c1. The van der Waals surface area contributed by atoms with Crippen molar-refractivity contribution in [1.82, 2.24) is 0 Å². The minimum Gasteiger partial charge on any atom is -0.496 e.